The molecule has 0 unspecified atom stereocenters. The van der Waals surface area contributed by atoms with E-state index in [9.17, 15) is 4.79 Å². The number of piperidine rings is 1. The molecule has 0 spiro atoms. The van der Waals surface area contributed by atoms with Crippen LogP contribution >= 0.6 is 11.3 Å². The Bertz CT molecular complexity index is 662. The van der Waals surface area contributed by atoms with Crippen LogP contribution in [0.1, 0.15) is 33.6 Å². The minimum absolute atomic E-state index is 0.219. The molecule has 1 amide bonds. The van der Waals surface area contributed by atoms with E-state index in [-0.39, 0.29) is 5.91 Å². The number of thiazole rings is 1. The molecular formula is C17H19N3OS. The van der Waals surface area contributed by atoms with Crippen molar-refractivity contribution in [1.82, 2.24) is 14.8 Å². The summed E-state index contributed by atoms with van der Waals surface area (Å²) in [5, 5.41) is 0. The second-order valence-corrected chi connectivity index (χ2v) is 7.04. The van der Waals surface area contributed by atoms with Crippen molar-refractivity contribution in [2.75, 3.05) is 13.1 Å². The molecular weight excluding hydrogens is 294 g/mol. The van der Waals surface area contributed by atoms with Crippen molar-refractivity contribution < 1.29 is 4.79 Å². The number of hydrogen-bond donors (Lipinski definition) is 0. The van der Waals surface area contributed by atoms with Crippen molar-refractivity contribution in [1.29, 1.82) is 0 Å². The van der Waals surface area contributed by atoms with E-state index in [0.29, 0.717) is 6.04 Å². The molecule has 1 saturated heterocycles. The van der Waals surface area contributed by atoms with Crippen LogP contribution in [0.3, 0.4) is 0 Å². The van der Waals surface area contributed by atoms with Crippen molar-refractivity contribution in [3.63, 3.8) is 0 Å². The van der Waals surface area contributed by atoms with Gasteiger partial charge in [0.2, 0.25) is 0 Å². The van der Waals surface area contributed by atoms with Gasteiger partial charge in [0.25, 0.3) is 5.91 Å². The molecule has 114 valence electrons. The van der Waals surface area contributed by atoms with Gasteiger partial charge in [-0.3, -0.25) is 14.7 Å². The Morgan fingerprint density at radius 3 is 2.77 bits per heavy atom. The summed E-state index contributed by atoms with van der Waals surface area (Å²) >= 11 is 1.72. The topological polar surface area (TPSA) is 36.4 Å². The molecule has 1 fully saturated rings. The summed E-state index contributed by atoms with van der Waals surface area (Å²) in [6, 6.07) is 8.39. The molecule has 2 aliphatic heterocycles. The third-order valence-corrected chi connectivity index (χ3v) is 5.47. The molecule has 0 bridgehead atoms. The number of benzene rings is 1. The summed E-state index contributed by atoms with van der Waals surface area (Å²) in [5.41, 5.74) is 3.97. The highest BCUT2D eigenvalue weighted by Crippen LogP contribution is 2.28. The first-order chi connectivity index (χ1) is 10.8. The van der Waals surface area contributed by atoms with Gasteiger partial charge in [0, 0.05) is 48.9 Å². The highest BCUT2D eigenvalue weighted by atomic mass is 32.1. The fourth-order valence-corrected chi connectivity index (χ4v) is 4.14. The molecule has 0 saturated carbocycles. The highest BCUT2D eigenvalue weighted by Gasteiger charge is 2.34. The third kappa shape index (κ3) is 2.55. The number of carbonyl (C=O) groups is 1. The molecule has 0 N–H and O–H groups in total. The second-order valence-electron chi connectivity index (χ2n) is 6.07. The molecule has 0 radical (unpaired) electrons. The fraction of sp³-hybridized carbons (Fsp3) is 0.412. The Kier molecular flexibility index (Phi) is 3.68. The van der Waals surface area contributed by atoms with Gasteiger partial charge in [-0.2, -0.15) is 0 Å². The van der Waals surface area contributed by atoms with E-state index < -0.39 is 0 Å². The second kappa shape index (κ2) is 5.82. The standard InChI is InChI=1S/C17H19N3OS/c21-17-16-4-2-1-3-13(16)10-20(17)14-5-7-19(8-6-14)11-15-9-18-12-22-15/h1-4,9,12,14H,5-8,10-11H2. The number of hydrogen-bond acceptors (Lipinski definition) is 4. The SMILES string of the molecule is O=C1c2ccccc2CN1C1CCN(Cc2cncs2)CC1. The Morgan fingerprint density at radius 1 is 1.23 bits per heavy atom. The van der Waals surface area contributed by atoms with Gasteiger partial charge < -0.3 is 4.90 Å². The van der Waals surface area contributed by atoms with Gasteiger partial charge in [-0.1, -0.05) is 18.2 Å². The van der Waals surface area contributed by atoms with Gasteiger partial charge in [-0.05, 0) is 24.5 Å². The maximum atomic E-state index is 12.5. The van der Waals surface area contributed by atoms with Crippen LogP contribution in [-0.4, -0.2) is 39.8 Å². The lowest BCUT2D eigenvalue weighted by Gasteiger charge is -2.36. The van der Waals surface area contributed by atoms with Gasteiger partial charge in [0.05, 0.1) is 5.51 Å². The van der Waals surface area contributed by atoms with Crippen LogP contribution in [0.15, 0.2) is 36.0 Å². The first-order valence-corrected chi connectivity index (χ1v) is 8.68. The molecule has 2 aliphatic rings. The first kappa shape index (κ1) is 13.9. The molecule has 4 rings (SSSR count). The molecule has 0 aliphatic carbocycles. The van der Waals surface area contributed by atoms with Crippen LogP contribution in [0.25, 0.3) is 0 Å². The first-order valence-electron chi connectivity index (χ1n) is 7.80. The Hall–Kier alpha value is -1.72. The molecule has 2 aromatic rings. The van der Waals surface area contributed by atoms with Gasteiger partial charge in [0.15, 0.2) is 0 Å². The summed E-state index contributed by atoms with van der Waals surface area (Å²) in [7, 11) is 0. The third-order valence-electron chi connectivity index (χ3n) is 4.71. The zero-order valence-corrected chi connectivity index (χ0v) is 13.3. The fourth-order valence-electron chi connectivity index (χ4n) is 3.50. The molecule has 1 aromatic carbocycles. The van der Waals surface area contributed by atoms with E-state index in [0.717, 1.165) is 44.6 Å². The lowest BCUT2D eigenvalue weighted by molar-refractivity contribution is 0.0591. The van der Waals surface area contributed by atoms with Crippen LogP contribution in [0.4, 0.5) is 0 Å². The number of amides is 1. The van der Waals surface area contributed by atoms with Crippen LogP contribution in [0.5, 0.6) is 0 Å². The number of fused-ring (bicyclic) bond motifs is 1. The monoisotopic (exact) mass is 313 g/mol. The number of rotatable bonds is 3. The van der Waals surface area contributed by atoms with Crippen molar-refractivity contribution in [2.24, 2.45) is 0 Å². The zero-order valence-electron chi connectivity index (χ0n) is 12.4. The van der Waals surface area contributed by atoms with Crippen molar-refractivity contribution in [2.45, 2.75) is 32.0 Å². The normalized spacial score (nSPS) is 19.6. The highest BCUT2D eigenvalue weighted by molar-refractivity contribution is 7.09. The van der Waals surface area contributed by atoms with E-state index in [1.54, 1.807) is 11.3 Å². The summed E-state index contributed by atoms with van der Waals surface area (Å²) in [6.45, 7) is 3.89. The minimum atomic E-state index is 0.219. The van der Waals surface area contributed by atoms with Crippen LogP contribution < -0.4 is 0 Å². The number of aromatic nitrogens is 1. The minimum Gasteiger partial charge on any atom is -0.331 e. The summed E-state index contributed by atoms with van der Waals surface area (Å²) in [4.78, 5) is 22.5. The molecule has 3 heterocycles. The molecule has 4 nitrogen and oxygen atoms in total. The average molecular weight is 313 g/mol. The van der Waals surface area contributed by atoms with Crippen molar-refractivity contribution >= 4 is 17.2 Å². The lowest BCUT2D eigenvalue weighted by Crippen LogP contribution is -2.44. The van der Waals surface area contributed by atoms with Crippen LogP contribution in [0.2, 0.25) is 0 Å². The van der Waals surface area contributed by atoms with Crippen molar-refractivity contribution in [3.8, 4) is 0 Å². The zero-order chi connectivity index (χ0) is 14.9. The molecule has 5 heteroatoms. The van der Waals surface area contributed by atoms with Gasteiger partial charge in [-0.25, -0.2) is 0 Å². The molecule has 22 heavy (non-hydrogen) atoms. The lowest BCUT2D eigenvalue weighted by atomic mass is 10.0. The summed E-state index contributed by atoms with van der Waals surface area (Å²) < 4.78 is 0. The molecule has 0 atom stereocenters. The van der Waals surface area contributed by atoms with Crippen LogP contribution in [0, 0.1) is 0 Å². The van der Waals surface area contributed by atoms with Gasteiger partial charge in [0.1, 0.15) is 0 Å². The average Bonchev–Trinajstić information content (AvgIpc) is 3.17. The Labute approximate surface area is 134 Å². The summed E-state index contributed by atoms with van der Waals surface area (Å²) in [6.07, 6.45) is 4.09. The van der Waals surface area contributed by atoms with E-state index in [1.165, 1.54) is 10.4 Å². The van der Waals surface area contributed by atoms with E-state index in [2.05, 4.69) is 20.9 Å². The Balaban J connectivity index is 1.38. The smallest absolute Gasteiger partial charge is 0.254 e. The van der Waals surface area contributed by atoms with Gasteiger partial charge in [-0.15, -0.1) is 11.3 Å². The maximum absolute atomic E-state index is 12.5. The number of likely N-dealkylation sites (tertiary alicyclic amines) is 1. The number of nitrogens with zero attached hydrogens (tertiary/aromatic N) is 3. The van der Waals surface area contributed by atoms with E-state index in [4.69, 9.17) is 0 Å². The van der Waals surface area contributed by atoms with E-state index in [1.807, 2.05) is 29.9 Å². The Morgan fingerprint density at radius 2 is 2.05 bits per heavy atom. The predicted molar refractivity (Wildman–Crippen MR) is 86.7 cm³/mol. The van der Waals surface area contributed by atoms with Crippen molar-refractivity contribution in [3.05, 3.63) is 52.0 Å². The largest absolute Gasteiger partial charge is 0.331 e. The quantitative estimate of drug-likeness (QED) is 0.874. The maximum Gasteiger partial charge on any atom is 0.254 e. The van der Waals surface area contributed by atoms with Gasteiger partial charge >= 0.3 is 0 Å². The predicted octanol–water partition coefficient (Wildman–Crippen LogP) is 2.76. The number of carbonyl (C=O) groups excluding carboxylic acids is 1. The van der Waals surface area contributed by atoms with E-state index >= 15 is 0 Å². The molecule has 1 aromatic heterocycles. The summed E-state index contributed by atoms with van der Waals surface area (Å²) in [5.74, 6) is 0.219. The van der Waals surface area contributed by atoms with Crippen LogP contribution in [-0.2, 0) is 13.1 Å².